The summed E-state index contributed by atoms with van der Waals surface area (Å²) in [5, 5.41) is 3.62. The smallest absolute Gasteiger partial charge is 0.0589 e. The number of ether oxygens (including phenoxy) is 1. The number of nitrogens with zero attached hydrogens (tertiary/aromatic N) is 1. The normalized spacial score (nSPS) is 15.0. The maximum absolute atomic E-state index is 5.24. The number of nitrogens with one attached hydrogen (secondary N) is 1. The van der Waals surface area contributed by atoms with Gasteiger partial charge in [-0.2, -0.15) is 0 Å². The molecule has 0 heterocycles. The van der Waals surface area contributed by atoms with E-state index in [1.807, 2.05) is 0 Å². The van der Waals surface area contributed by atoms with Gasteiger partial charge in [-0.1, -0.05) is 20.8 Å². The van der Waals surface area contributed by atoms with Gasteiger partial charge in [-0.3, -0.25) is 4.90 Å². The molecule has 1 atom stereocenters. The van der Waals surface area contributed by atoms with Crippen molar-refractivity contribution in [2.75, 3.05) is 33.4 Å². The molecule has 0 spiro atoms. The molecule has 116 valence electrons. The predicted molar refractivity (Wildman–Crippen MR) is 84.7 cm³/mol. The third-order valence-corrected chi connectivity index (χ3v) is 3.53. The van der Waals surface area contributed by atoms with E-state index in [1.54, 1.807) is 7.11 Å². The molecular formula is C16H36N2O. The van der Waals surface area contributed by atoms with Gasteiger partial charge in [-0.15, -0.1) is 0 Å². The lowest BCUT2D eigenvalue weighted by Crippen LogP contribution is -2.48. The number of rotatable bonds is 9. The quantitative estimate of drug-likeness (QED) is 0.698. The van der Waals surface area contributed by atoms with Crippen LogP contribution in [0.3, 0.4) is 0 Å². The van der Waals surface area contributed by atoms with Crippen LogP contribution >= 0.6 is 0 Å². The van der Waals surface area contributed by atoms with Crippen molar-refractivity contribution in [3.05, 3.63) is 0 Å². The third kappa shape index (κ3) is 9.42. The van der Waals surface area contributed by atoms with Crippen molar-refractivity contribution in [3.63, 3.8) is 0 Å². The lowest BCUT2D eigenvalue weighted by atomic mass is 9.90. The molecule has 0 aromatic carbocycles. The Morgan fingerprint density at radius 2 is 1.74 bits per heavy atom. The molecule has 0 aliphatic heterocycles. The van der Waals surface area contributed by atoms with Crippen LogP contribution in [0.5, 0.6) is 0 Å². The zero-order valence-corrected chi connectivity index (χ0v) is 14.5. The lowest BCUT2D eigenvalue weighted by Gasteiger charge is -2.38. The summed E-state index contributed by atoms with van der Waals surface area (Å²) in [5.41, 5.74) is 0.454. The maximum Gasteiger partial charge on any atom is 0.0589 e. The first-order valence-corrected chi connectivity index (χ1v) is 7.59. The van der Waals surface area contributed by atoms with E-state index >= 15 is 0 Å². The van der Waals surface area contributed by atoms with Crippen molar-refractivity contribution in [1.29, 1.82) is 0 Å². The summed E-state index contributed by atoms with van der Waals surface area (Å²) < 4.78 is 5.24. The molecule has 1 N–H and O–H groups in total. The predicted octanol–water partition coefficient (Wildman–Crippen LogP) is 3.15. The first kappa shape index (κ1) is 18.9. The van der Waals surface area contributed by atoms with Crippen LogP contribution in [0.25, 0.3) is 0 Å². The van der Waals surface area contributed by atoms with Gasteiger partial charge < -0.3 is 10.1 Å². The first-order valence-electron chi connectivity index (χ1n) is 7.59. The standard InChI is InChI=1S/C16H36N2O/c1-9-14(2)18(10-11-19-8)13-16(6,7)12-17-15(3,4)5/h14,17H,9-13H2,1-8H3. The van der Waals surface area contributed by atoms with Crippen molar-refractivity contribution in [1.82, 2.24) is 10.2 Å². The van der Waals surface area contributed by atoms with Gasteiger partial charge in [0.2, 0.25) is 0 Å². The average molecular weight is 272 g/mol. The number of methoxy groups -OCH3 is 1. The first-order chi connectivity index (χ1) is 8.61. The average Bonchev–Trinajstić information content (AvgIpc) is 2.30. The third-order valence-electron chi connectivity index (χ3n) is 3.53. The van der Waals surface area contributed by atoms with Crippen molar-refractivity contribution in [2.24, 2.45) is 5.41 Å². The second-order valence-corrected chi connectivity index (χ2v) is 7.49. The van der Waals surface area contributed by atoms with Gasteiger partial charge in [0.1, 0.15) is 0 Å². The number of hydrogen-bond acceptors (Lipinski definition) is 3. The molecule has 3 heteroatoms. The van der Waals surface area contributed by atoms with Gasteiger partial charge in [-0.05, 0) is 39.5 Å². The molecule has 19 heavy (non-hydrogen) atoms. The van der Waals surface area contributed by atoms with Crippen LogP contribution in [0, 0.1) is 5.41 Å². The van der Waals surface area contributed by atoms with E-state index in [2.05, 4.69) is 58.7 Å². The fourth-order valence-corrected chi connectivity index (χ4v) is 2.03. The minimum Gasteiger partial charge on any atom is -0.383 e. The van der Waals surface area contributed by atoms with Crippen LogP contribution in [0.4, 0.5) is 0 Å². The van der Waals surface area contributed by atoms with E-state index in [0.717, 1.165) is 26.2 Å². The Kier molecular flexibility index (Phi) is 8.18. The number of hydrogen-bond donors (Lipinski definition) is 1. The molecule has 0 aliphatic carbocycles. The topological polar surface area (TPSA) is 24.5 Å². The Labute approximate surface area is 121 Å². The van der Waals surface area contributed by atoms with Gasteiger partial charge in [0.25, 0.3) is 0 Å². The molecule has 0 bridgehead atoms. The molecule has 0 radical (unpaired) electrons. The van der Waals surface area contributed by atoms with Crippen molar-refractivity contribution >= 4 is 0 Å². The van der Waals surface area contributed by atoms with E-state index < -0.39 is 0 Å². The van der Waals surface area contributed by atoms with Crippen molar-refractivity contribution < 1.29 is 4.74 Å². The minimum absolute atomic E-state index is 0.186. The Balaban J connectivity index is 4.44. The zero-order chi connectivity index (χ0) is 15.1. The highest BCUT2D eigenvalue weighted by Gasteiger charge is 2.25. The molecule has 0 aromatic rings. The van der Waals surface area contributed by atoms with Crippen LogP contribution in [-0.4, -0.2) is 49.8 Å². The van der Waals surface area contributed by atoms with E-state index in [9.17, 15) is 0 Å². The van der Waals surface area contributed by atoms with Crippen LogP contribution in [0.15, 0.2) is 0 Å². The molecule has 1 unspecified atom stereocenters. The van der Waals surface area contributed by atoms with E-state index in [1.165, 1.54) is 6.42 Å². The Morgan fingerprint density at radius 1 is 1.16 bits per heavy atom. The molecule has 3 nitrogen and oxygen atoms in total. The SMILES string of the molecule is CCC(C)N(CCOC)CC(C)(C)CNC(C)(C)C. The van der Waals surface area contributed by atoms with Crippen LogP contribution < -0.4 is 5.32 Å². The Morgan fingerprint density at radius 3 is 2.16 bits per heavy atom. The molecule has 0 aromatic heterocycles. The highest BCUT2D eigenvalue weighted by Crippen LogP contribution is 2.19. The van der Waals surface area contributed by atoms with E-state index in [4.69, 9.17) is 4.74 Å². The molecule has 0 amide bonds. The molecule has 0 rings (SSSR count). The van der Waals surface area contributed by atoms with Gasteiger partial charge in [-0.25, -0.2) is 0 Å². The highest BCUT2D eigenvalue weighted by atomic mass is 16.5. The van der Waals surface area contributed by atoms with Crippen molar-refractivity contribution in [3.8, 4) is 0 Å². The Hall–Kier alpha value is -0.120. The molecule has 0 saturated heterocycles. The Bertz CT molecular complexity index is 233. The summed E-state index contributed by atoms with van der Waals surface area (Å²) in [7, 11) is 1.78. The van der Waals surface area contributed by atoms with Gasteiger partial charge >= 0.3 is 0 Å². The lowest BCUT2D eigenvalue weighted by molar-refractivity contribution is 0.0867. The van der Waals surface area contributed by atoms with Crippen molar-refractivity contribution in [2.45, 2.75) is 66.5 Å². The maximum atomic E-state index is 5.24. The zero-order valence-electron chi connectivity index (χ0n) is 14.5. The summed E-state index contributed by atoms with van der Waals surface area (Å²) in [5.74, 6) is 0. The van der Waals surface area contributed by atoms with Gasteiger partial charge in [0, 0.05) is 38.3 Å². The fraction of sp³-hybridized carbons (Fsp3) is 1.00. The summed E-state index contributed by atoms with van der Waals surface area (Å²) in [4.78, 5) is 2.55. The van der Waals surface area contributed by atoms with E-state index in [0.29, 0.717) is 6.04 Å². The monoisotopic (exact) mass is 272 g/mol. The second-order valence-electron chi connectivity index (χ2n) is 7.49. The molecule has 0 fully saturated rings. The largest absolute Gasteiger partial charge is 0.383 e. The van der Waals surface area contributed by atoms with Crippen LogP contribution in [0.2, 0.25) is 0 Å². The molecule has 0 aliphatic rings. The molecule has 0 saturated carbocycles. The minimum atomic E-state index is 0.186. The summed E-state index contributed by atoms with van der Waals surface area (Å²) in [6, 6.07) is 0.615. The van der Waals surface area contributed by atoms with Gasteiger partial charge in [0.15, 0.2) is 0 Å². The van der Waals surface area contributed by atoms with Gasteiger partial charge in [0.05, 0.1) is 6.61 Å². The highest BCUT2D eigenvalue weighted by molar-refractivity contribution is 4.82. The van der Waals surface area contributed by atoms with E-state index in [-0.39, 0.29) is 11.0 Å². The van der Waals surface area contributed by atoms with Crippen LogP contribution in [-0.2, 0) is 4.74 Å². The summed E-state index contributed by atoms with van der Waals surface area (Å²) in [6.07, 6.45) is 1.19. The summed E-state index contributed by atoms with van der Waals surface area (Å²) in [6.45, 7) is 19.9. The van der Waals surface area contributed by atoms with Crippen LogP contribution in [0.1, 0.15) is 54.9 Å². The second kappa shape index (κ2) is 8.23. The summed E-state index contributed by atoms with van der Waals surface area (Å²) >= 11 is 0. The molecular weight excluding hydrogens is 236 g/mol. The fourth-order valence-electron chi connectivity index (χ4n) is 2.03.